The number of carboxylic acids is 1. The Labute approximate surface area is 159 Å². The first kappa shape index (κ1) is 19.2. The highest BCUT2D eigenvalue weighted by Crippen LogP contribution is 2.17. The molecule has 7 nitrogen and oxygen atoms in total. The second-order valence-corrected chi connectivity index (χ2v) is 7.31. The number of nitrogens with zero attached hydrogens (tertiary/aromatic N) is 2. The average Bonchev–Trinajstić information content (AvgIpc) is 2.72. The van der Waals surface area contributed by atoms with Crippen LogP contribution >= 0.6 is 0 Å². The Balaban J connectivity index is 1.46. The van der Waals surface area contributed by atoms with Crippen LogP contribution in [0, 0.1) is 5.92 Å². The molecule has 2 aliphatic heterocycles. The lowest BCUT2D eigenvalue weighted by Crippen LogP contribution is -2.45. The Hall–Kier alpha value is -2.57. The molecule has 0 unspecified atom stereocenters. The monoisotopic (exact) mass is 373 g/mol. The smallest absolute Gasteiger partial charge is 0.317 e. The first-order chi connectivity index (χ1) is 13.0. The van der Waals surface area contributed by atoms with Crippen molar-refractivity contribution in [3.63, 3.8) is 0 Å². The van der Waals surface area contributed by atoms with Gasteiger partial charge in [0, 0.05) is 38.3 Å². The molecule has 7 heteroatoms. The third kappa shape index (κ3) is 4.99. The van der Waals surface area contributed by atoms with Crippen LogP contribution in [0.25, 0.3) is 0 Å². The first-order valence-electron chi connectivity index (χ1n) is 9.68. The molecule has 0 bridgehead atoms. The molecule has 2 N–H and O–H groups in total. The van der Waals surface area contributed by atoms with Gasteiger partial charge in [-0.05, 0) is 49.8 Å². The third-order valence-corrected chi connectivity index (χ3v) is 5.42. The molecule has 146 valence electrons. The molecule has 0 spiro atoms. The molecular weight excluding hydrogens is 346 g/mol. The maximum absolute atomic E-state index is 12.5. The molecular formula is C20H27N3O4. The van der Waals surface area contributed by atoms with Gasteiger partial charge in [-0.1, -0.05) is 12.1 Å². The molecule has 2 heterocycles. The summed E-state index contributed by atoms with van der Waals surface area (Å²) in [5.41, 5.74) is 1.61. The van der Waals surface area contributed by atoms with Crippen LogP contribution in [0.2, 0.25) is 0 Å². The Morgan fingerprint density at radius 1 is 0.926 bits per heavy atom. The molecule has 0 aliphatic carbocycles. The molecule has 2 saturated heterocycles. The van der Waals surface area contributed by atoms with Gasteiger partial charge in [0.2, 0.25) is 0 Å². The van der Waals surface area contributed by atoms with E-state index in [0.29, 0.717) is 38.0 Å². The number of carbonyl (C=O) groups is 3. The van der Waals surface area contributed by atoms with E-state index in [4.69, 9.17) is 5.11 Å². The number of carboxylic acid groups (broad SMARTS) is 1. The molecule has 2 fully saturated rings. The predicted octanol–water partition coefficient (Wildman–Crippen LogP) is 2.32. The van der Waals surface area contributed by atoms with E-state index in [-0.39, 0.29) is 17.9 Å². The van der Waals surface area contributed by atoms with Crippen LogP contribution < -0.4 is 5.32 Å². The van der Waals surface area contributed by atoms with Crippen molar-refractivity contribution in [2.24, 2.45) is 5.92 Å². The zero-order valence-corrected chi connectivity index (χ0v) is 15.5. The van der Waals surface area contributed by atoms with Gasteiger partial charge in [-0.25, -0.2) is 4.79 Å². The van der Waals surface area contributed by atoms with Crippen LogP contribution in [0.15, 0.2) is 24.3 Å². The van der Waals surface area contributed by atoms with Crippen molar-refractivity contribution < 1.29 is 19.5 Å². The summed E-state index contributed by atoms with van der Waals surface area (Å²) in [6, 6.07) is 7.20. The van der Waals surface area contributed by atoms with E-state index < -0.39 is 5.97 Å². The Kier molecular flexibility index (Phi) is 6.32. The van der Waals surface area contributed by atoms with Gasteiger partial charge in [-0.2, -0.15) is 0 Å². The third-order valence-electron chi connectivity index (χ3n) is 5.42. The van der Waals surface area contributed by atoms with Crippen molar-refractivity contribution >= 4 is 17.9 Å². The maximum Gasteiger partial charge on any atom is 0.317 e. The van der Waals surface area contributed by atoms with Gasteiger partial charge >= 0.3 is 12.0 Å². The van der Waals surface area contributed by atoms with Gasteiger partial charge in [-0.3, -0.25) is 9.59 Å². The molecule has 1 aromatic rings. The Bertz CT molecular complexity index is 675. The molecule has 0 aromatic heterocycles. The van der Waals surface area contributed by atoms with Crippen LogP contribution in [0.5, 0.6) is 0 Å². The van der Waals surface area contributed by atoms with Gasteiger partial charge in [-0.15, -0.1) is 0 Å². The Morgan fingerprint density at radius 2 is 1.56 bits per heavy atom. The largest absolute Gasteiger partial charge is 0.481 e. The zero-order chi connectivity index (χ0) is 19.2. The first-order valence-corrected chi connectivity index (χ1v) is 9.68. The highest BCUT2D eigenvalue weighted by molar-refractivity contribution is 5.94. The van der Waals surface area contributed by atoms with Gasteiger partial charge in [0.25, 0.3) is 5.91 Å². The van der Waals surface area contributed by atoms with Crippen molar-refractivity contribution in [1.29, 1.82) is 0 Å². The standard InChI is InChI=1S/C20H27N3O4/c24-18(22-10-2-1-3-11-22)16-6-4-15(5-7-16)14-21-20(27)23-12-8-17(9-13-23)19(25)26/h4-7,17H,1-3,8-14H2,(H,21,27)(H,25,26). The lowest BCUT2D eigenvalue weighted by atomic mass is 9.97. The summed E-state index contributed by atoms with van der Waals surface area (Å²) in [6.07, 6.45) is 4.32. The molecule has 3 rings (SSSR count). The van der Waals surface area contributed by atoms with Crippen LogP contribution in [-0.4, -0.2) is 59.0 Å². The second-order valence-electron chi connectivity index (χ2n) is 7.31. The van der Waals surface area contributed by atoms with Crippen LogP contribution in [0.4, 0.5) is 4.79 Å². The minimum Gasteiger partial charge on any atom is -0.481 e. The Morgan fingerprint density at radius 3 is 2.15 bits per heavy atom. The fraction of sp³-hybridized carbons (Fsp3) is 0.550. The van der Waals surface area contributed by atoms with E-state index in [1.165, 1.54) is 6.42 Å². The fourth-order valence-corrected chi connectivity index (χ4v) is 3.66. The average molecular weight is 373 g/mol. The summed E-state index contributed by atoms with van der Waals surface area (Å²) in [5, 5.41) is 11.9. The molecule has 0 radical (unpaired) electrons. The van der Waals surface area contributed by atoms with Crippen molar-refractivity contribution in [1.82, 2.24) is 15.1 Å². The second kappa shape index (κ2) is 8.88. The lowest BCUT2D eigenvalue weighted by molar-refractivity contribution is -0.143. The van der Waals surface area contributed by atoms with Crippen LogP contribution in [0.3, 0.4) is 0 Å². The highest BCUT2D eigenvalue weighted by atomic mass is 16.4. The molecule has 0 atom stereocenters. The van der Waals surface area contributed by atoms with Crippen molar-refractivity contribution in [3.8, 4) is 0 Å². The number of hydrogen-bond acceptors (Lipinski definition) is 3. The van der Waals surface area contributed by atoms with E-state index in [0.717, 1.165) is 31.5 Å². The summed E-state index contributed by atoms with van der Waals surface area (Å²) in [6.45, 7) is 2.97. The number of piperidine rings is 2. The number of hydrogen-bond donors (Lipinski definition) is 2. The highest BCUT2D eigenvalue weighted by Gasteiger charge is 2.26. The van der Waals surface area contributed by atoms with E-state index in [1.807, 2.05) is 29.2 Å². The number of benzene rings is 1. The van der Waals surface area contributed by atoms with Gasteiger partial charge in [0.1, 0.15) is 0 Å². The quantitative estimate of drug-likeness (QED) is 0.847. The number of urea groups is 1. The van der Waals surface area contributed by atoms with Crippen molar-refractivity contribution in [3.05, 3.63) is 35.4 Å². The van der Waals surface area contributed by atoms with E-state index >= 15 is 0 Å². The minimum absolute atomic E-state index is 0.0755. The number of nitrogens with one attached hydrogen (secondary N) is 1. The van der Waals surface area contributed by atoms with Gasteiger partial charge < -0.3 is 20.2 Å². The summed E-state index contributed by atoms with van der Waals surface area (Å²) in [4.78, 5) is 39.2. The molecule has 27 heavy (non-hydrogen) atoms. The SMILES string of the molecule is O=C(O)C1CCN(C(=O)NCc2ccc(C(=O)N3CCCCC3)cc2)CC1. The van der Waals surface area contributed by atoms with Gasteiger partial charge in [0.05, 0.1) is 5.92 Å². The van der Waals surface area contributed by atoms with E-state index in [9.17, 15) is 14.4 Å². The molecule has 3 amide bonds. The molecule has 1 aromatic carbocycles. The normalized spacial score (nSPS) is 18.2. The summed E-state index contributed by atoms with van der Waals surface area (Å²) in [7, 11) is 0. The van der Waals surface area contributed by atoms with Crippen molar-refractivity contribution in [2.45, 2.75) is 38.6 Å². The number of amides is 3. The fourth-order valence-electron chi connectivity index (χ4n) is 3.66. The van der Waals surface area contributed by atoms with Crippen LogP contribution in [-0.2, 0) is 11.3 Å². The number of aliphatic carboxylic acids is 1. The summed E-state index contributed by atoms with van der Waals surface area (Å²) < 4.78 is 0. The lowest BCUT2D eigenvalue weighted by Gasteiger charge is -2.30. The maximum atomic E-state index is 12.5. The predicted molar refractivity (Wildman–Crippen MR) is 100 cm³/mol. The summed E-state index contributed by atoms with van der Waals surface area (Å²) in [5.74, 6) is -1.06. The summed E-state index contributed by atoms with van der Waals surface area (Å²) >= 11 is 0. The van der Waals surface area contributed by atoms with E-state index in [2.05, 4.69) is 5.32 Å². The topological polar surface area (TPSA) is 90.0 Å². The minimum atomic E-state index is -0.783. The van der Waals surface area contributed by atoms with E-state index in [1.54, 1.807) is 4.90 Å². The van der Waals surface area contributed by atoms with Crippen LogP contribution in [0.1, 0.15) is 48.0 Å². The van der Waals surface area contributed by atoms with Gasteiger partial charge in [0.15, 0.2) is 0 Å². The number of likely N-dealkylation sites (tertiary alicyclic amines) is 2. The number of rotatable bonds is 4. The molecule has 0 saturated carbocycles. The molecule has 2 aliphatic rings. The van der Waals surface area contributed by atoms with Crippen molar-refractivity contribution in [2.75, 3.05) is 26.2 Å². The number of carbonyl (C=O) groups excluding carboxylic acids is 2. The zero-order valence-electron chi connectivity index (χ0n) is 15.5.